The quantitative estimate of drug-likeness (QED) is 0.326. The van der Waals surface area contributed by atoms with Gasteiger partial charge in [-0.1, -0.05) is 38.1 Å². The summed E-state index contributed by atoms with van der Waals surface area (Å²) >= 11 is 0. The Balaban J connectivity index is 1.58. The zero-order chi connectivity index (χ0) is 29.1. The number of amides is 2. The van der Waals surface area contributed by atoms with Gasteiger partial charge in [-0.2, -0.15) is 18.4 Å². The molecule has 1 aliphatic heterocycles. The summed E-state index contributed by atoms with van der Waals surface area (Å²) in [6, 6.07) is 17.8. The highest BCUT2D eigenvalue weighted by molar-refractivity contribution is 6.02. The van der Waals surface area contributed by atoms with Gasteiger partial charge in [0.05, 0.1) is 22.8 Å². The van der Waals surface area contributed by atoms with E-state index < -0.39 is 29.2 Å². The lowest BCUT2D eigenvalue weighted by Crippen LogP contribution is -2.43. The number of hydrogen-bond donors (Lipinski definition) is 2. The van der Waals surface area contributed by atoms with E-state index in [0.717, 1.165) is 17.2 Å². The Bertz CT molecular complexity index is 1400. The Labute approximate surface area is 230 Å². The van der Waals surface area contributed by atoms with Crippen LogP contribution in [-0.2, 0) is 6.18 Å². The number of benzene rings is 3. The van der Waals surface area contributed by atoms with Crippen molar-refractivity contribution in [2.75, 3.05) is 36.4 Å². The summed E-state index contributed by atoms with van der Waals surface area (Å²) in [4.78, 5) is 16.8. The van der Waals surface area contributed by atoms with Crippen LogP contribution in [0.25, 0.3) is 11.1 Å². The molecule has 4 rings (SSSR count). The highest BCUT2D eigenvalue weighted by atomic mass is 19.4. The van der Waals surface area contributed by atoms with Crippen LogP contribution in [0.3, 0.4) is 0 Å². The number of aliphatic hydroxyl groups is 1. The van der Waals surface area contributed by atoms with Crippen LogP contribution < -0.4 is 10.2 Å². The summed E-state index contributed by atoms with van der Waals surface area (Å²) in [5.41, 5.74) is 0.152. The molecule has 0 radical (unpaired) electrons. The van der Waals surface area contributed by atoms with Gasteiger partial charge in [-0.3, -0.25) is 9.80 Å². The molecule has 210 valence electrons. The molecule has 0 aliphatic carbocycles. The minimum Gasteiger partial charge on any atom is -0.388 e. The smallest absolute Gasteiger partial charge is 0.388 e. The third-order valence-corrected chi connectivity index (χ3v) is 7.35. The van der Waals surface area contributed by atoms with Gasteiger partial charge in [0.25, 0.3) is 0 Å². The second-order valence-corrected chi connectivity index (χ2v) is 10.3. The van der Waals surface area contributed by atoms with Gasteiger partial charge < -0.3 is 10.4 Å². The van der Waals surface area contributed by atoms with Crippen molar-refractivity contribution in [2.45, 2.75) is 32.0 Å². The van der Waals surface area contributed by atoms with Crippen LogP contribution in [0, 0.1) is 23.1 Å². The molecule has 1 atom stereocenters. The summed E-state index contributed by atoms with van der Waals surface area (Å²) < 4.78 is 53.4. The second kappa shape index (κ2) is 11.7. The van der Waals surface area contributed by atoms with E-state index in [2.05, 4.69) is 11.4 Å². The van der Waals surface area contributed by atoms with E-state index in [-0.39, 0.29) is 18.2 Å². The predicted molar refractivity (Wildman–Crippen MR) is 145 cm³/mol. The van der Waals surface area contributed by atoms with Gasteiger partial charge in [0.15, 0.2) is 0 Å². The van der Waals surface area contributed by atoms with Crippen LogP contribution in [0.15, 0.2) is 66.7 Å². The SMILES string of the molecule is CC(C)C1(O)CCN(CCN(C(=O)Nc2ccc(F)c(C(F)(F)F)c2)c2ccc(-c3cccc(C#N)c3)cc2)C1. The number of urea groups is 1. The van der Waals surface area contributed by atoms with E-state index in [0.29, 0.717) is 49.4 Å². The van der Waals surface area contributed by atoms with Crippen LogP contribution in [0.2, 0.25) is 0 Å². The van der Waals surface area contributed by atoms with Crippen LogP contribution in [-0.4, -0.2) is 47.8 Å². The second-order valence-electron chi connectivity index (χ2n) is 10.3. The van der Waals surface area contributed by atoms with E-state index in [9.17, 15) is 32.7 Å². The first kappa shape index (κ1) is 29.1. The van der Waals surface area contributed by atoms with Crippen LogP contribution in [0.5, 0.6) is 0 Å². The van der Waals surface area contributed by atoms with E-state index >= 15 is 0 Å². The predicted octanol–water partition coefficient (Wildman–Crippen LogP) is 6.51. The number of anilines is 2. The Morgan fingerprint density at radius 2 is 1.85 bits per heavy atom. The van der Waals surface area contributed by atoms with Gasteiger partial charge in [-0.25, -0.2) is 9.18 Å². The average Bonchev–Trinajstić information content (AvgIpc) is 3.32. The summed E-state index contributed by atoms with van der Waals surface area (Å²) in [5.74, 6) is -1.37. The summed E-state index contributed by atoms with van der Waals surface area (Å²) in [6.45, 7) is 5.61. The number of carbonyl (C=O) groups is 1. The molecule has 0 spiro atoms. The molecule has 0 bridgehead atoms. The number of rotatable bonds is 7. The Morgan fingerprint density at radius 3 is 2.48 bits per heavy atom. The third kappa shape index (κ3) is 6.61. The number of nitrogens with zero attached hydrogens (tertiary/aromatic N) is 3. The maximum atomic E-state index is 13.8. The summed E-state index contributed by atoms with van der Waals surface area (Å²) in [7, 11) is 0. The van der Waals surface area contributed by atoms with Gasteiger partial charge in [-0.15, -0.1) is 0 Å². The normalized spacial score (nSPS) is 17.6. The molecule has 1 heterocycles. The number of β-amino-alcohol motifs (C(OH)–C–C–N with tert-alkyl or cyclic N) is 1. The Hall–Kier alpha value is -3.94. The van der Waals surface area contributed by atoms with Crippen LogP contribution >= 0.6 is 0 Å². The first-order valence-electron chi connectivity index (χ1n) is 12.9. The maximum absolute atomic E-state index is 13.8. The molecule has 10 heteroatoms. The number of carbonyl (C=O) groups excluding carboxylic acids is 1. The zero-order valence-corrected chi connectivity index (χ0v) is 22.2. The number of likely N-dealkylation sites (tertiary alicyclic amines) is 1. The molecule has 2 amide bonds. The fourth-order valence-corrected chi connectivity index (χ4v) is 4.76. The molecule has 1 unspecified atom stereocenters. The van der Waals surface area contributed by atoms with E-state index in [4.69, 9.17) is 0 Å². The largest absolute Gasteiger partial charge is 0.419 e. The first-order valence-corrected chi connectivity index (χ1v) is 12.9. The van der Waals surface area contributed by atoms with Crippen molar-refractivity contribution < 1.29 is 27.5 Å². The number of alkyl halides is 3. The van der Waals surface area contributed by atoms with Gasteiger partial charge in [-0.05, 0) is 65.9 Å². The highest BCUT2D eigenvalue weighted by Gasteiger charge is 2.39. The maximum Gasteiger partial charge on any atom is 0.419 e. The number of nitrogens with one attached hydrogen (secondary N) is 1. The molecule has 6 nitrogen and oxygen atoms in total. The summed E-state index contributed by atoms with van der Waals surface area (Å²) in [6.07, 6.45) is -4.31. The summed E-state index contributed by atoms with van der Waals surface area (Å²) in [5, 5.41) is 22.5. The Kier molecular flexibility index (Phi) is 8.47. The molecule has 1 saturated heterocycles. The molecular formula is C30H30F4N4O2. The molecule has 2 N–H and O–H groups in total. The van der Waals surface area contributed by atoms with Crippen molar-refractivity contribution >= 4 is 17.4 Å². The van der Waals surface area contributed by atoms with E-state index in [1.54, 1.807) is 42.5 Å². The van der Waals surface area contributed by atoms with Crippen molar-refractivity contribution in [2.24, 2.45) is 5.92 Å². The molecule has 1 fully saturated rings. The lowest BCUT2D eigenvalue weighted by atomic mass is 9.90. The van der Waals surface area contributed by atoms with Crippen molar-refractivity contribution in [3.63, 3.8) is 0 Å². The first-order chi connectivity index (χ1) is 18.9. The topological polar surface area (TPSA) is 79.6 Å². The van der Waals surface area contributed by atoms with Crippen molar-refractivity contribution in [1.29, 1.82) is 5.26 Å². The number of nitriles is 1. The monoisotopic (exact) mass is 554 g/mol. The number of hydrogen-bond acceptors (Lipinski definition) is 4. The van der Waals surface area contributed by atoms with Crippen LogP contribution in [0.1, 0.15) is 31.4 Å². The third-order valence-electron chi connectivity index (χ3n) is 7.35. The highest BCUT2D eigenvalue weighted by Crippen LogP contribution is 2.33. The fraction of sp³-hybridized carbons (Fsp3) is 0.333. The molecule has 0 saturated carbocycles. The van der Waals surface area contributed by atoms with E-state index in [1.807, 2.05) is 24.8 Å². The van der Waals surface area contributed by atoms with Crippen molar-refractivity contribution in [3.8, 4) is 17.2 Å². The molecule has 3 aromatic rings. The average molecular weight is 555 g/mol. The van der Waals surface area contributed by atoms with Crippen molar-refractivity contribution in [1.82, 2.24) is 4.90 Å². The molecule has 1 aliphatic rings. The lowest BCUT2D eigenvalue weighted by molar-refractivity contribution is -0.139. The molecule has 3 aromatic carbocycles. The zero-order valence-electron chi connectivity index (χ0n) is 22.2. The van der Waals surface area contributed by atoms with E-state index in [1.165, 1.54) is 4.90 Å². The minimum atomic E-state index is -4.91. The molecular weight excluding hydrogens is 524 g/mol. The molecule has 40 heavy (non-hydrogen) atoms. The molecule has 0 aromatic heterocycles. The standard InChI is InChI=1S/C30H30F4N4O2/c1-20(2)29(40)12-13-37(19-29)14-15-38(28(39)36-24-8-11-27(31)26(17-24)30(32,33)34)25-9-6-22(7-10-25)23-5-3-4-21(16-23)18-35/h3-11,16-17,20,40H,12-15,19H2,1-2H3,(H,36,39). The van der Waals surface area contributed by atoms with Gasteiger partial charge in [0.1, 0.15) is 5.82 Å². The minimum absolute atomic E-state index is 0.0605. The Morgan fingerprint density at radius 1 is 1.12 bits per heavy atom. The number of halogens is 4. The van der Waals surface area contributed by atoms with Crippen LogP contribution in [0.4, 0.5) is 33.7 Å². The van der Waals surface area contributed by atoms with Crippen molar-refractivity contribution in [3.05, 3.63) is 83.7 Å². The van der Waals surface area contributed by atoms with Gasteiger partial charge >= 0.3 is 12.2 Å². The fourth-order valence-electron chi connectivity index (χ4n) is 4.76. The lowest BCUT2D eigenvalue weighted by Gasteiger charge is -2.29. The van der Waals surface area contributed by atoms with Gasteiger partial charge in [0.2, 0.25) is 0 Å². The van der Waals surface area contributed by atoms with Gasteiger partial charge in [0, 0.05) is 37.6 Å².